The quantitative estimate of drug-likeness (QED) is 0.670. The molecule has 140 valence electrons. The number of rotatable bonds is 5. The highest BCUT2D eigenvalue weighted by Crippen LogP contribution is 2.42. The monoisotopic (exact) mass is 397 g/mol. The van der Waals surface area contributed by atoms with Crippen LogP contribution in [-0.4, -0.2) is 20.9 Å². The van der Waals surface area contributed by atoms with Gasteiger partial charge in [-0.15, -0.1) is 11.3 Å². The Hall–Kier alpha value is -1.76. The number of nitrogens with one attached hydrogen (secondary N) is 1. The van der Waals surface area contributed by atoms with Crippen LogP contribution in [-0.2, 0) is 26.6 Å². The Balaban J connectivity index is 1.41. The largest absolute Gasteiger partial charge is 0.310 e. The predicted molar refractivity (Wildman–Crippen MR) is 111 cm³/mol. The van der Waals surface area contributed by atoms with Crippen molar-refractivity contribution in [2.24, 2.45) is 13.0 Å². The van der Waals surface area contributed by atoms with E-state index in [9.17, 15) is 0 Å². The van der Waals surface area contributed by atoms with Crippen molar-refractivity contribution in [3.63, 3.8) is 0 Å². The van der Waals surface area contributed by atoms with Gasteiger partial charge in [0.15, 0.2) is 6.67 Å². The van der Waals surface area contributed by atoms with Gasteiger partial charge in [0, 0.05) is 36.2 Å². The number of thiophene rings is 1. The van der Waals surface area contributed by atoms with Crippen LogP contribution in [0.25, 0.3) is 0 Å². The normalized spacial score (nSPS) is 22.0. The van der Waals surface area contributed by atoms with E-state index < -0.39 is 0 Å². The Kier molecular flexibility index (Phi) is 4.50. The summed E-state index contributed by atoms with van der Waals surface area (Å²) in [5, 5.41) is 7.18. The van der Waals surface area contributed by atoms with E-state index in [2.05, 4.69) is 51.0 Å². The van der Waals surface area contributed by atoms with E-state index in [1.165, 1.54) is 31.4 Å². The van der Waals surface area contributed by atoms with Gasteiger partial charge in [-0.3, -0.25) is 0 Å². The lowest BCUT2D eigenvalue weighted by atomic mass is 9.96. The van der Waals surface area contributed by atoms with Gasteiger partial charge >= 0.3 is 0 Å². The molecule has 1 saturated carbocycles. The molecule has 0 bridgehead atoms. The number of hydrogen-bond acceptors (Lipinski definition) is 3. The van der Waals surface area contributed by atoms with E-state index in [0.29, 0.717) is 6.04 Å². The SMILES string of the molecule is Cn1c(Cc2ccccc2)nn(C[NH+]2CCc3sccc3[C@@H]2C2CC2)c1=S. The number of aromatic nitrogens is 3. The first-order valence-electron chi connectivity index (χ1n) is 9.78. The molecule has 2 aromatic heterocycles. The highest BCUT2D eigenvalue weighted by atomic mass is 32.1. The predicted octanol–water partition coefficient (Wildman–Crippen LogP) is 3.15. The third-order valence-corrected chi connectivity index (χ3v) is 7.49. The Morgan fingerprint density at radius 1 is 1.22 bits per heavy atom. The van der Waals surface area contributed by atoms with E-state index in [1.807, 2.05) is 18.4 Å². The molecule has 0 radical (unpaired) electrons. The second kappa shape index (κ2) is 7.00. The van der Waals surface area contributed by atoms with Gasteiger partial charge < -0.3 is 9.47 Å². The maximum Gasteiger partial charge on any atom is 0.202 e. The molecule has 1 aromatic carbocycles. The summed E-state index contributed by atoms with van der Waals surface area (Å²) in [4.78, 5) is 3.23. The van der Waals surface area contributed by atoms with Crippen LogP contribution in [0.15, 0.2) is 41.8 Å². The number of benzene rings is 1. The molecular formula is C21H25N4S2+. The van der Waals surface area contributed by atoms with Gasteiger partial charge in [0.25, 0.3) is 0 Å². The molecule has 1 aliphatic carbocycles. The first kappa shape index (κ1) is 17.3. The summed E-state index contributed by atoms with van der Waals surface area (Å²) < 4.78 is 4.97. The number of nitrogens with zero attached hydrogens (tertiary/aromatic N) is 3. The van der Waals surface area contributed by atoms with Crippen molar-refractivity contribution in [3.05, 3.63) is 68.4 Å². The number of fused-ring (bicyclic) bond motifs is 1. The average molecular weight is 398 g/mol. The smallest absolute Gasteiger partial charge is 0.202 e. The van der Waals surface area contributed by atoms with Crippen LogP contribution in [0.3, 0.4) is 0 Å². The van der Waals surface area contributed by atoms with Crippen LogP contribution in [0.2, 0.25) is 0 Å². The Bertz CT molecular complexity index is 997. The van der Waals surface area contributed by atoms with Gasteiger partial charge in [0.2, 0.25) is 4.77 Å². The van der Waals surface area contributed by atoms with Crippen molar-refractivity contribution in [1.29, 1.82) is 0 Å². The lowest BCUT2D eigenvalue weighted by molar-refractivity contribution is -0.958. The van der Waals surface area contributed by atoms with Crippen LogP contribution in [0.4, 0.5) is 0 Å². The third kappa shape index (κ3) is 3.30. The summed E-state index contributed by atoms with van der Waals surface area (Å²) in [7, 11) is 2.05. The molecular weight excluding hydrogens is 372 g/mol. The molecule has 2 atom stereocenters. The first-order valence-corrected chi connectivity index (χ1v) is 11.1. The second-order valence-electron chi connectivity index (χ2n) is 7.85. The van der Waals surface area contributed by atoms with Gasteiger partial charge in [0.1, 0.15) is 11.9 Å². The van der Waals surface area contributed by atoms with Gasteiger partial charge in [-0.25, -0.2) is 0 Å². The lowest BCUT2D eigenvalue weighted by Crippen LogP contribution is -3.13. The van der Waals surface area contributed by atoms with Crippen molar-refractivity contribution >= 4 is 23.6 Å². The fourth-order valence-electron chi connectivity index (χ4n) is 4.44. The molecule has 0 spiro atoms. The Morgan fingerprint density at radius 3 is 2.81 bits per heavy atom. The highest BCUT2D eigenvalue weighted by molar-refractivity contribution is 7.71. The summed E-state index contributed by atoms with van der Waals surface area (Å²) in [5.74, 6) is 1.89. The molecule has 6 heteroatoms. The van der Waals surface area contributed by atoms with Crippen molar-refractivity contribution < 1.29 is 4.90 Å². The second-order valence-corrected chi connectivity index (χ2v) is 9.22. The maximum absolute atomic E-state index is 5.73. The molecule has 0 amide bonds. The number of hydrogen-bond donors (Lipinski definition) is 1. The molecule has 1 unspecified atom stereocenters. The van der Waals surface area contributed by atoms with E-state index in [0.717, 1.165) is 29.6 Å². The molecule has 1 fully saturated rings. The first-order chi connectivity index (χ1) is 13.2. The summed E-state index contributed by atoms with van der Waals surface area (Å²) in [6, 6.07) is 13.5. The van der Waals surface area contributed by atoms with Gasteiger partial charge in [-0.2, -0.15) is 9.78 Å². The van der Waals surface area contributed by atoms with Gasteiger partial charge in [-0.1, -0.05) is 30.3 Å². The molecule has 2 aliphatic rings. The Morgan fingerprint density at radius 2 is 2.04 bits per heavy atom. The van der Waals surface area contributed by atoms with Crippen LogP contribution < -0.4 is 4.90 Å². The van der Waals surface area contributed by atoms with Crippen molar-refractivity contribution in [1.82, 2.24) is 14.3 Å². The zero-order chi connectivity index (χ0) is 18.4. The summed E-state index contributed by atoms with van der Waals surface area (Å²) in [6.07, 6.45) is 4.75. The molecule has 0 saturated heterocycles. The van der Waals surface area contributed by atoms with Crippen LogP contribution >= 0.6 is 23.6 Å². The van der Waals surface area contributed by atoms with Gasteiger partial charge in [0.05, 0.1) is 6.54 Å². The number of quaternary nitrogens is 1. The summed E-state index contributed by atoms with van der Waals surface area (Å²) in [5.41, 5.74) is 2.87. The van der Waals surface area contributed by atoms with Crippen molar-refractivity contribution in [3.8, 4) is 0 Å². The van der Waals surface area contributed by atoms with Gasteiger partial charge in [-0.05, 0) is 42.1 Å². The maximum atomic E-state index is 5.73. The van der Waals surface area contributed by atoms with E-state index >= 15 is 0 Å². The standard InChI is InChI=1S/C21H24N4S2/c1-23-19(13-15-5-3-2-4-6-15)22-25(21(23)26)14-24-11-9-18-17(10-12-27-18)20(24)16-7-8-16/h2-6,10,12,16,20H,7-9,11,13-14H2,1H3/p+1/t20-/m0/s1. The molecule has 5 rings (SSSR count). The molecule has 3 heterocycles. The van der Waals surface area contributed by atoms with Crippen LogP contribution in [0.1, 0.15) is 40.7 Å². The fraction of sp³-hybridized carbons (Fsp3) is 0.429. The minimum atomic E-state index is 0.626. The summed E-state index contributed by atoms with van der Waals surface area (Å²) >= 11 is 7.67. The van der Waals surface area contributed by atoms with E-state index in [-0.39, 0.29) is 0 Å². The Labute approximate surface area is 169 Å². The molecule has 1 N–H and O–H groups in total. The third-order valence-electron chi connectivity index (χ3n) is 6.01. The summed E-state index contributed by atoms with van der Waals surface area (Å²) in [6.45, 7) is 2.05. The molecule has 1 aliphatic heterocycles. The van der Waals surface area contributed by atoms with Crippen molar-refractivity contribution in [2.75, 3.05) is 6.54 Å². The van der Waals surface area contributed by atoms with Crippen LogP contribution in [0, 0.1) is 10.7 Å². The topological polar surface area (TPSA) is 27.2 Å². The minimum absolute atomic E-state index is 0.626. The fourth-order valence-corrected chi connectivity index (χ4v) is 5.58. The zero-order valence-corrected chi connectivity index (χ0v) is 17.2. The zero-order valence-electron chi connectivity index (χ0n) is 15.6. The van der Waals surface area contributed by atoms with E-state index in [4.69, 9.17) is 17.3 Å². The van der Waals surface area contributed by atoms with Crippen molar-refractivity contribution in [2.45, 2.75) is 38.4 Å². The molecule has 27 heavy (non-hydrogen) atoms. The highest BCUT2D eigenvalue weighted by Gasteiger charge is 2.43. The molecule has 3 aromatic rings. The molecule has 4 nitrogen and oxygen atoms in total. The average Bonchev–Trinajstić information content (AvgIpc) is 3.35. The minimum Gasteiger partial charge on any atom is -0.310 e. The lowest BCUT2D eigenvalue weighted by Gasteiger charge is -2.32. The van der Waals surface area contributed by atoms with E-state index in [1.54, 1.807) is 15.3 Å². The van der Waals surface area contributed by atoms with Crippen LogP contribution in [0.5, 0.6) is 0 Å².